The highest BCUT2D eigenvalue weighted by Crippen LogP contribution is 2.16. The molecule has 132 valence electrons. The number of carbonyl (C=O) groups excluding carboxylic acids is 2. The Balaban J connectivity index is 1.49. The van der Waals surface area contributed by atoms with Crippen LogP contribution in [0.3, 0.4) is 0 Å². The minimum Gasteiger partial charge on any atom is -0.336 e. The van der Waals surface area contributed by atoms with Gasteiger partial charge in [-0.25, -0.2) is 14.0 Å². The topological polar surface area (TPSA) is 73.5 Å². The molecule has 0 spiro atoms. The van der Waals surface area contributed by atoms with Crippen LogP contribution in [0.1, 0.15) is 5.56 Å². The van der Waals surface area contributed by atoms with Crippen molar-refractivity contribution in [2.75, 3.05) is 29.9 Å². The van der Waals surface area contributed by atoms with Crippen molar-refractivity contribution in [2.24, 2.45) is 0 Å². The molecule has 1 heterocycles. The molecule has 6 nitrogen and oxygen atoms in total. The van der Waals surface area contributed by atoms with Gasteiger partial charge in [0.2, 0.25) is 0 Å². The van der Waals surface area contributed by atoms with Crippen LogP contribution in [0.2, 0.25) is 0 Å². The third-order valence-electron chi connectivity index (χ3n) is 3.73. The maximum atomic E-state index is 13.4. The lowest BCUT2D eigenvalue weighted by Gasteiger charge is -2.13. The molecule has 1 fully saturated rings. The molecule has 0 saturated carbocycles. The fourth-order valence-corrected chi connectivity index (χ4v) is 2.44. The third-order valence-corrected chi connectivity index (χ3v) is 3.73. The number of amides is 4. The number of hydrogen-bond acceptors (Lipinski definition) is 2. The molecule has 3 N–H and O–H groups in total. The van der Waals surface area contributed by atoms with E-state index in [2.05, 4.69) is 27.8 Å². The van der Waals surface area contributed by atoms with Gasteiger partial charge in [-0.3, -0.25) is 4.90 Å². The first-order valence-corrected chi connectivity index (χ1v) is 8.07. The van der Waals surface area contributed by atoms with Crippen LogP contribution in [0.15, 0.2) is 48.5 Å². The maximum Gasteiger partial charge on any atom is 0.321 e. The Morgan fingerprint density at radius 2 is 1.96 bits per heavy atom. The highest BCUT2D eigenvalue weighted by molar-refractivity contribution is 5.94. The van der Waals surface area contributed by atoms with Crippen LogP contribution in [0.4, 0.5) is 25.4 Å². The van der Waals surface area contributed by atoms with E-state index in [0.29, 0.717) is 13.1 Å². The second-order valence-electron chi connectivity index (χ2n) is 5.52. The van der Waals surface area contributed by atoms with Crippen LogP contribution in [-0.4, -0.2) is 31.7 Å². The number of urea groups is 2. The largest absolute Gasteiger partial charge is 0.336 e. The fourth-order valence-electron chi connectivity index (χ4n) is 2.44. The van der Waals surface area contributed by atoms with Crippen molar-refractivity contribution in [3.8, 4) is 11.8 Å². The highest BCUT2D eigenvalue weighted by atomic mass is 19.1. The van der Waals surface area contributed by atoms with Gasteiger partial charge in [0.05, 0.1) is 12.2 Å². The van der Waals surface area contributed by atoms with Crippen LogP contribution in [-0.2, 0) is 0 Å². The minimum absolute atomic E-state index is 0.103. The summed E-state index contributed by atoms with van der Waals surface area (Å²) in [6.45, 7) is 1.41. The van der Waals surface area contributed by atoms with Gasteiger partial charge in [-0.15, -0.1) is 0 Å². The summed E-state index contributed by atoms with van der Waals surface area (Å²) in [7, 11) is 0. The van der Waals surface area contributed by atoms with Gasteiger partial charge in [0.25, 0.3) is 0 Å². The maximum absolute atomic E-state index is 13.4. The van der Waals surface area contributed by atoms with Crippen LogP contribution in [0, 0.1) is 17.7 Å². The van der Waals surface area contributed by atoms with Crippen molar-refractivity contribution >= 4 is 23.4 Å². The van der Waals surface area contributed by atoms with Crippen molar-refractivity contribution in [3.05, 3.63) is 59.9 Å². The predicted octanol–water partition coefficient (Wildman–Crippen LogP) is 2.53. The van der Waals surface area contributed by atoms with E-state index in [-0.39, 0.29) is 18.3 Å². The smallest absolute Gasteiger partial charge is 0.321 e. The lowest BCUT2D eigenvalue weighted by Crippen LogP contribution is -2.29. The van der Waals surface area contributed by atoms with E-state index in [4.69, 9.17) is 0 Å². The first-order valence-electron chi connectivity index (χ1n) is 8.07. The van der Waals surface area contributed by atoms with Crippen molar-refractivity contribution in [1.29, 1.82) is 0 Å². The van der Waals surface area contributed by atoms with Gasteiger partial charge in [0.15, 0.2) is 0 Å². The van der Waals surface area contributed by atoms with Crippen LogP contribution < -0.4 is 20.9 Å². The summed E-state index contributed by atoms with van der Waals surface area (Å²) in [5.41, 5.74) is 1.69. The number of rotatable bonds is 3. The summed E-state index contributed by atoms with van der Waals surface area (Å²) < 4.78 is 13.4. The normalized spacial score (nSPS) is 12.8. The molecule has 0 bridgehead atoms. The van der Waals surface area contributed by atoms with Gasteiger partial charge >= 0.3 is 12.1 Å². The van der Waals surface area contributed by atoms with Gasteiger partial charge in [0, 0.05) is 24.3 Å². The Kier molecular flexibility index (Phi) is 5.34. The molecular weight excluding hydrogens is 335 g/mol. The SMILES string of the molecule is O=C(NCC#Cc1ccc(N2CCNC2=O)cc1)Nc1ccccc1F. The summed E-state index contributed by atoms with van der Waals surface area (Å²) in [4.78, 5) is 25.0. The van der Waals surface area contributed by atoms with Gasteiger partial charge in [-0.1, -0.05) is 24.0 Å². The standard InChI is InChI=1S/C19H17FN4O2/c20-16-5-1-2-6-17(16)23-18(25)21-11-3-4-14-7-9-15(10-8-14)24-13-12-22-19(24)26/h1-2,5-10H,11-13H2,(H,22,26)(H2,21,23,25). The van der Waals surface area contributed by atoms with E-state index in [0.717, 1.165) is 11.3 Å². The van der Waals surface area contributed by atoms with E-state index < -0.39 is 11.8 Å². The first-order chi connectivity index (χ1) is 12.6. The molecule has 1 aliphatic rings. The van der Waals surface area contributed by atoms with Gasteiger partial charge < -0.3 is 16.0 Å². The molecule has 7 heteroatoms. The number of nitrogens with one attached hydrogen (secondary N) is 3. The zero-order valence-electron chi connectivity index (χ0n) is 13.9. The number of carbonyl (C=O) groups is 2. The molecule has 0 aromatic heterocycles. The van der Waals surface area contributed by atoms with Crippen LogP contribution >= 0.6 is 0 Å². The second-order valence-corrected chi connectivity index (χ2v) is 5.52. The van der Waals surface area contributed by atoms with E-state index in [1.807, 2.05) is 24.3 Å². The highest BCUT2D eigenvalue weighted by Gasteiger charge is 2.20. The quantitative estimate of drug-likeness (QED) is 0.743. The molecule has 0 atom stereocenters. The summed E-state index contributed by atoms with van der Waals surface area (Å²) >= 11 is 0. The summed E-state index contributed by atoms with van der Waals surface area (Å²) in [6.07, 6.45) is 0. The Labute approximate surface area is 150 Å². The molecule has 26 heavy (non-hydrogen) atoms. The number of anilines is 2. The molecule has 4 amide bonds. The molecule has 2 aromatic rings. The number of nitrogens with zero attached hydrogens (tertiary/aromatic N) is 1. The summed E-state index contributed by atoms with van der Waals surface area (Å²) in [6, 6.07) is 12.6. The fraction of sp³-hybridized carbons (Fsp3) is 0.158. The molecule has 3 rings (SSSR count). The number of para-hydroxylation sites is 1. The molecule has 0 aliphatic carbocycles. The van der Waals surface area contributed by atoms with Crippen LogP contribution in [0.25, 0.3) is 0 Å². The van der Waals surface area contributed by atoms with Crippen molar-refractivity contribution < 1.29 is 14.0 Å². The molecule has 1 saturated heterocycles. The lowest BCUT2D eigenvalue weighted by molar-refractivity contribution is 0.251. The zero-order valence-corrected chi connectivity index (χ0v) is 13.9. The van der Waals surface area contributed by atoms with Crippen LogP contribution in [0.5, 0.6) is 0 Å². The molecule has 0 unspecified atom stereocenters. The number of benzene rings is 2. The average molecular weight is 352 g/mol. The lowest BCUT2D eigenvalue weighted by atomic mass is 10.2. The van der Waals surface area contributed by atoms with Gasteiger partial charge in [0.1, 0.15) is 5.82 Å². The Morgan fingerprint density at radius 3 is 2.65 bits per heavy atom. The first kappa shape index (κ1) is 17.3. The van der Waals surface area contributed by atoms with Gasteiger partial charge in [-0.05, 0) is 36.4 Å². The summed E-state index contributed by atoms with van der Waals surface area (Å²) in [5.74, 6) is 5.24. The Bertz CT molecular complexity index is 871. The minimum atomic E-state index is -0.528. The third kappa shape index (κ3) is 4.30. The van der Waals surface area contributed by atoms with E-state index in [1.165, 1.54) is 12.1 Å². The molecule has 1 aliphatic heterocycles. The zero-order chi connectivity index (χ0) is 18.4. The van der Waals surface area contributed by atoms with Crippen molar-refractivity contribution in [3.63, 3.8) is 0 Å². The Hall–Kier alpha value is -3.53. The average Bonchev–Trinajstić information content (AvgIpc) is 3.07. The molecule has 2 aromatic carbocycles. The van der Waals surface area contributed by atoms with Crippen molar-refractivity contribution in [1.82, 2.24) is 10.6 Å². The number of hydrogen-bond donors (Lipinski definition) is 3. The molecular formula is C19H17FN4O2. The van der Waals surface area contributed by atoms with Crippen molar-refractivity contribution in [2.45, 2.75) is 0 Å². The van der Waals surface area contributed by atoms with E-state index in [9.17, 15) is 14.0 Å². The Morgan fingerprint density at radius 1 is 1.19 bits per heavy atom. The summed E-state index contributed by atoms with van der Waals surface area (Å²) in [5, 5.41) is 7.70. The van der Waals surface area contributed by atoms with Gasteiger partial charge in [-0.2, -0.15) is 0 Å². The predicted molar refractivity (Wildman–Crippen MR) is 97.5 cm³/mol. The van der Waals surface area contributed by atoms with E-state index >= 15 is 0 Å². The van der Waals surface area contributed by atoms with E-state index in [1.54, 1.807) is 17.0 Å². The second kappa shape index (κ2) is 8.03. The number of halogens is 1. The monoisotopic (exact) mass is 352 g/mol. The molecule has 0 radical (unpaired) electrons.